The number of benzene rings is 2. The van der Waals surface area contributed by atoms with E-state index in [0.717, 1.165) is 5.56 Å². The van der Waals surface area contributed by atoms with Gasteiger partial charge in [-0.15, -0.1) is 0 Å². The Hall–Kier alpha value is -2.82. The van der Waals surface area contributed by atoms with Crippen molar-refractivity contribution in [1.29, 1.82) is 0 Å². The topological polar surface area (TPSA) is 112 Å². The predicted octanol–water partition coefficient (Wildman–Crippen LogP) is 1.04. The van der Waals surface area contributed by atoms with E-state index in [-0.39, 0.29) is 37.4 Å². The molecular weight excluding hydrogens is 400 g/mol. The van der Waals surface area contributed by atoms with Gasteiger partial charge >= 0.3 is 0 Å². The van der Waals surface area contributed by atoms with Crippen molar-refractivity contribution in [1.82, 2.24) is 10.0 Å². The molecule has 156 valence electrons. The average molecular weight is 422 g/mol. The molecule has 2 aromatic carbocycles. The summed E-state index contributed by atoms with van der Waals surface area (Å²) in [7, 11) is -2.12. The highest BCUT2D eigenvalue weighted by molar-refractivity contribution is 7.89. The summed E-state index contributed by atoms with van der Waals surface area (Å²) in [6, 6.07) is 11.3. The molecule has 0 fully saturated rings. The molecule has 10 heteroatoms. The summed E-state index contributed by atoms with van der Waals surface area (Å²) >= 11 is 0. The van der Waals surface area contributed by atoms with Gasteiger partial charge in [0.25, 0.3) is 5.91 Å². The van der Waals surface area contributed by atoms with Crippen molar-refractivity contribution in [2.75, 3.05) is 33.7 Å². The average Bonchev–Trinajstić information content (AvgIpc) is 3.19. The zero-order valence-electron chi connectivity index (χ0n) is 15.8. The van der Waals surface area contributed by atoms with Crippen molar-refractivity contribution in [3.8, 4) is 17.2 Å². The Morgan fingerprint density at radius 3 is 2.62 bits per heavy atom. The van der Waals surface area contributed by atoms with Crippen LogP contribution in [-0.4, -0.2) is 48.0 Å². The van der Waals surface area contributed by atoms with Crippen LogP contribution in [0.25, 0.3) is 0 Å². The number of rotatable bonds is 10. The normalized spacial score (nSPS) is 12.6. The van der Waals surface area contributed by atoms with Gasteiger partial charge in [-0.2, -0.15) is 0 Å². The Morgan fingerprint density at radius 1 is 1.10 bits per heavy atom. The quantitative estimate of drug-likeness (QED) is 0.550. The molecular formula is C19H22N2O7S. The molecule has 0 unspecified atom stereocenters. The third-order valence-electron chi connectivity index (χ3n) is 4.03. The molecule has 29 heavy (non-hydrogen) atoms. The minimum absolute atomic E-state index is 0.105. The summed E-state index contributed by atoms with van der Waals surface area (Å²) in [5.41, 5.74) is 0.873. The van der Waals surface area contributed by atoms with Gasteiger partial charge in [0.1, 0.15) is 5.75 Å². The van der Waals surface area contributed by atoms with Crippen LogP contribution >= 0.6 is 0 Å². The lowest BCUT2D eigenvalue weighted by Crippen LogP contribution is -2.28. The molecule has 2 aromatic rings. The van der Waals surface area contributed by atoms with Crippen molar-refractivity contribution in [3.05, 3.63) is 48.0 Å². The number of amides is 1. The van der Waals surface area contributed by atoms with E-state index in [9.17, 15) is 13.2 Å². The van der Waals surface area contributed by atoms with Crippen LogP contribution in [-0.2, 0) is 26.1 Å². The van der Waals surface area contributed by atoms with Crippen LogP contribution in [0.15, 0.2) is 47.4 Å². The van der Waals surface area contributed by atoms with Gasteiger partial charge < -0.3 is 24.3 Å². The number of carbonyl (C=O) groups is 1. The van der Waals surface area contributed by atoms with E-state index in [1.54, 1.807) is 6.07 Å². The van der Waals surface area contributed by atoms with Crippen molar-refractivity contribution < 1.29 is 32.2 Å². The van der Waals surface area contributed by atoms with Crippen molar-refractivity contribution in [2.45, 2.75) is 11.4 Å². The van der Waals surface area contributed by atoms with Gasteiger partial charge in [-0.05, 0) is 42.0 Å². The third-order valence-corrected chi connectivity index (χ3v) is 5.51. The van der Waals surface area contributed by atoms with Gasteiger partial charge in [0.2, 0.25) is 16.8 Å². The van der Waals surface area contributed by atoms with Gasteiger partial charge in [-0.1, -0.05) is 6.07 Å². The monoisotopic (exact) mass is 422 g/mol. The Morgan fingerprint density at radius 2 is 1.86 bits per heavy atom. The number of carbonyl (C=O) groups excluding carboxylic acids is 1. The van der Waals surface area contributed by atoms with Crippen molar-refractivity contribution >= 4 is 15.9 Å². The molecule has 0 saturated heterocycles. The molecule has 1 heterocycles. The van der Waals surface area contributed by atoms with Gasteiger partial charge in [-0.3, -0.25) is 4.79 Å². The van der Waals surface area contributed by atoms with E-state index in [0.29, 0.717) is 23.8 Å². The predicted molar refractivity (Wildman–Crippen MR) is 103 cm³/mol. The molecule has 1 aliphatic heterocycles. The fraction of sp³-hybridized carbons (Fsp3) is 0.316. The van der Waals surface area contributed by atoms with Crippen LogP contribution in [0.3, 0.4) is 0 Å². The molecule has 0 spiro atoms. The summed E-state index contributed by atoms with van der Waals surface area (Å²) in [6.45, 7) is 0.788. The van der Waals surface area contributed by atoms with E-state index in [2.05, 4.69) is 10.0 Å². The summed E-state index contributed by atoms with van der Waals surface area (Å²) in [5.74, 6) is 1.42. The second-order valence-electron chi connectivity index (χ2n) is 6.11. The number of ether oxygens (including phenoxy) is 4. The zero-order chi connectivity index (χ0) is 20.7. The lowest BCUT2D eigenvalue weighted by atomic mass is 10.2. The first-order valence-electron chi connectivity index (χ1n) is 8.84. The van der Waals surface area contributed by atoms with E-state index >= 15 is 0 Å². The van der Waals surface area contributed by atoms with E-state index < -0.39 is 10.0 Å². The standard InChI is InChI=1S/C19H22N2O7S/c1-25-9-8-21-29(23,24)16-5-3-15(4-6-16)26-12-19(22)20-11-14-2-7-17-18(10-14)28-13-27-17/h2-7,10,21H,8-9,11-13H2,1H3,(H,20,22). The van der Waals surface area contributed by atoms with Gasteiger partial charge in [0.05, 0.1) is 11.5 Å². The smallest absolute Gasteiger partial charge is 0.258 e. The molecule has 0 aromatic heterocycles. The lowest BCUT2D eigenvalue weighted by Gasteiger charge is -2.09. The molecule has 0 saturated carbocycles. The number of hydrogen-bond acceptors (Lipinski definition) is 7. The highest BCUT2D eigenvalue weighted by Crippen LogP contribution is 2.32. The fourth-order valence-corrected chi connectivity index (χ4v) is 3.54. The Labute approximate surface area is 169 Å². The molecule has 2 N–H and O–H groups in total. The number of methoxy groups -OCH3 is 1. The zero-order valence-corrected chi connectivity index (χ0v) is 16.7. The van der Waals surface area contributed by atoms with E-state index in [1.165, 1.54) is 31.4 Å². The Bertz CT molecular complexity index is 946. The first-order valence-corrected chi connectivity index (χ1v) is 10.3. The number of hydrogen-bond donors (Lipinski definition) is 2. The van der Waals surface area contributed by atoms with Crippen LogP contribution in [0.4, 0.5) is 0 Å². The summed E-state index contributed by atoms with van der Waals surface area (Å²) < 4.78 is 47.4. The lowest BCUT2D eigenvalue weighted by molar-refractivity contribution is -0.123. The van der Waals surface area contributed by atoms with Crippen LogP contribution in [0, 0.1) is 0 Å². The minimum Gasteiger partial charge on any atom is -0.484 e. The third kappa shape index (κ3) is 5.83. The van der Waals surface area contributed by atoms with Gasteiger partial charge in [-0.25, -0.2) is 13.1 Å². The fourth-order valence-electron chi connectivity index (χ4n) is 2.53. The van der Waals surface area contributed by atoms with Crippen molar-refractivity contribution in [3.63, 3.8) is 0 Å². The first kappa shape index (κ1) is 20.9. The largest absolute Gasteiger partial charge is 0.484 e. The number of fused-ring (bicyclic) bond motifs is 1. The minimum atomic E-state index is -3.61. The van der Waals surface area contributed by atoms with Gasteiger partial charge in [0, 0.05) is 20.2 Å². The summed E-state index contributed by atoms with van der Waals surface area (Å²) in [6.07, 6.45) is 0. The summed E-state index contributed by atoms with van der Waals surface area (Å²) in [4.78, 5) is 12.1. The maximum Gasteiger partial charge on any atom is 0.258 e. The van der Waals surface area contributed by atoms with Crippen LogP contribution < -0.4 is 24.2 Å². The molecule has 0 aliphatic carbocycles. The summed E-state index contributed by atoms with van der Waals surface area (Å²) in [5, 5.41) is 2.75. The van der Waals surface area contributed by atoms with E-state index in [1.807, 2.05) is 12.1 Å². The first-order chi connectivity index (χ1) is 14.0. The maximum absolute atomic E-state index is 12.1. The SMILES string of the molecule is COCCNS(=O)(=O)c1ccc(OCC(=O)NCc2ccc3c(c2)OCO3)cc1. The van der Waals surface area contributed by atoms with Crippen LogP contribution in [0.2, 0.25) is 0 Å². The van der Waals surface area contributed by atoms with Crippen LogP contribution in [0.1, 0.15) is 5.56 Å². The highest BCUT2D eigenvalue weighted by Gasteiger charge is 2.14. The molecule has 0 atom stereocenters. The van der Waals surface area contributed by atoms with E-state index in [4.69, 9.17) is 18.9 Å². The Kier molecular flexibility index (Phi) is 6.91. The molecule has 3 rings (SSSR count). The Balaban J connectivity index is 1.45. The maximum atomic E-state index is 12.1. The van der Waals surface area contributed by atoms with Crippen LogP contribution in [0.5, 0.6) is 17.2 Å². The number of sulfonamides is 1. The molecule has 0 bridgehead atoms. The molecule has 9 nitrogen and oxygen atoms in total. The second-order valence-corrected chi connectivity index (χ2v) is 7.88. The number of nitrogens with one attached hydrogen (secondary N) is 2. The molecule has 0 radical (unpaired) electrons. The van der Waals surface area contributed by atoms with Crippen molar-refractivity contribution in [2.24, 2.45) is 0 Å². The highest BCUT2D eigenvalue weighted by atomic mass is 32.2. The van der Waals surface area contributed by atoms with Gasteiger partial charge in [0.15, 0.2) is 18.1 Å². The second kappa shape index (κ2) is 9.59. The molecule has 1 amide bonds. The molecule has 1 aliphatic rings.